The lowest BCUT2D eigenvalue weighted by atomic mass is 9.95. The van der Waals surface area contributed by atoms with Crippen molar-refractivity contribution in [3.63, 3.8) is 0 Å². The number of nitrogens with zero attached hydrogens (tertiary/aromatic N) is 2. The van der Waals surface area contributed by atoms with Gasteiger partial charge in [0, 0.05) is 24.5 Å². The number of pyridine rings is 1. The van der Waals surface area contributed by atoms with Crippen molar-refractivity contribution in [1.29, 1.82) is 0 Å². The summed E-state index contributed by atoms with van der Waals surface area (Å²) in [6.45, 7) is 0.244. The number of carbonyl (C=O) groups is 2. The Hall–Kier alpha value is -4.33. The average Bonchev–Trinajstić information content (AvgIpc) is 3.42. The predicted octanol–water partition coefficient (Wildman–Crippen LogP) is 3.44. The fraction of sp³-hybridized carbons (Fsp3) is 0.160. The molecule has 0 spiro atoms. The fourth-order valence-electron chi connectivity index (χ4n) is 4.06. The molecular weight excluding hydrogens is 424 g/mol. The Morgan fingerprint density at radius 2 is 1.91 bits per heavy atom. The van der Waals surface area contributed by atoms with Crippen molar-refractivity contribution in [3.05, 3.63) is 89.3 Å². The number of aliphatic hydroxyl groups excluding tert-OH is 1. The largest absolute Gasteiger partial charge is 0.507 e. The number of aromatic nitrogens is 1. The third-order valence-electron chi connectivity index (χ3n) is 5.69. The highest BCUT2D eigenvalue weighted by Gasteiger charge is 2.46. The number of aliphatic hydroxyl groups is 1. The van der Waals surface area contributed by atoms with Crippen LogP contribution in [0.25, 0.3) is 5.76 Å². The van der Waals surface area contributed by atoms with Crippen LogP contribution >= 0.6 is 0 Å². The minimum atomic E-state index is -0.790. The molecule has 1 atom stereocenters. The molecule has 33 heavy (non-hydrogen) atoms. The number of ketones is 1. The van der Waals surface area contributed by atoms with Gasteiger partial charge in [-0.1, -0.05) is 18.2 Å². The molecule has 166 valence electrons. The summed E-state index contributed by atoms with van der Waals surface area (Å²) in [6.07, 6.45) is 3.28. The second kappa shape index (κ2) is 8.31. The van der Waals surface area contributed by atoms with Crippen LogP contribution in [0.4, 0.5) is 0 Å². The zero-order valence-electron chi connectivity index (χ0n) is 17.7. The van der Waals surface area contributed by atoms with Crippen molar-refractivity contribution in [2.45, 2.75) is 12.6 Å². The lowest BCUT2D eigenvalue weighted by molar-refractivity contribution is -0.140. The Labute approximate surface area is 189 Å². The molecule has 0 saturated carbocycles. The summed E-state index contributed by atoms with van der Waals surface area (Å²) in [5.41, 5.74) is 1.80. The van der Waals surface area contributed by atoms with E-state index in [1.807, 2.05) is 6.07 Å². The van der Waals surface area contributed by atoms with E-state index in [1.165, 1.54) is 4.90 Å². The molecule has 0 aliphatic carbocycles. The number of rotatable bonds is 5. The SMILES string of the molecule is COc1ccc(C2/C(=C(\O)c3ccc4c(c3)OCO4)C(=O)C(=O)N2Cc2cccnc2)cc1. The molecule has 2 aliphatic heterocycles. The molecule has 1 unspecified atom stereocenters. The molecule has 3 aromatic rings. The minimum Gasteiger partial charge on any atom is -0.507 e. The van der Waals surface area contributed by atoms with Crippen molar-refractivity contribution in [1.82, 2.24) is 9.88 Å². The van der Waals surface area contributed by atoms with Crippen molar-refractivity contribution >= 4 is 17.4 Å². The zero-order valence-corrected chi connectivity index (χ0v) is 17.7. The quantitative estimate of drug-likeness (QED) is 0.366. The number of carbonyl (C=O) groups excluding carboxylic acids is 2. The van der Waals surface area contributed by atoms with Gasteiger partial charge in [-0.15, -0.1) is 0 Å². The highest BCUT2D eigenvalue weighted by molar-refractivity contribution is 6.46. The molecule has 1 fully saturated rings. The third kappa shape index (κ3) is 3.65. The van der Waals surface area contributed by atoms with Gasteiger partial charge >= 0.3 is 0 Å². The number of amides is 1. The second-order valence-electron chi connectivity index (χ2n) is 7.63. The summed E-state index contributed by atoms with van der Waals surface area (Å²) >= 11 is 0. The van der Waals surface area contributed by atoms with Gasteiger partial charge in [0.2, 0.25) is 6.79 Å². The van der Waals surface area contributed by atoms with Gasteiger partial charge in [0.15, 0.2) is 11.5 Å². The number of likely N-dealkylation sites (tertiary alicyclic amines) is 1. The number of Topliss-reactive ketones (excluding diaryl/α,β-unsaturated/α-hetero) is 1. The van der Waals surface area contributed by atoms with Crippen LogP contribution in [0.5, 0.6) is 17.2 Å². The molecule has 1 aromatic heterocycles. The maximum atomic E-state index is 13.2. The summed E-state index contributed by atoms with van der Waals surface area (Å²) in [5, 5.41) is 11.2. The molecule has 1 N–H and O–H groups in total. The van der Waals surface area contributed by atoms with Crippen LogP contribution in [0.15, 0.2) is 72.6 Å². The van der Waals surface area contributed by atoms with Crippen LogP contribution in [0.2, 0.25) is 0 Å². The monoisotopic (exact) mass is 444 g/mol. The van der Waals surface area contributed by atoms with E-state index in [0.29, 0.717) is 28.4 Å². The van der Waals surface area contributed by atoms with Crippen molar-refractivity contribution < 1.29 is 28.9 Å². The maximum absolute atomic E-state index is 13.2. The van der Waals surface area contributed by atoms with Gasteiger partial charge in [0.25, 0.3) is 11.7 Å². The summed E-state index contributed by atoms with van der Waals surface area (Å²) in [5.74, 6) is -0.0726. The van der Waals surface area contributed by atoms with Gasteiger partial charge in [0.05, 0.1) is 18.7 Å². The Balaban J connectivity index is 1.63. The molecule has 8 heteroatoms. The smallest absolute Gasteiger partial charge is 0.295 e. The molecule has 1 saturated heterocycles. The Morgan fingerprint density at radius 3 is 2.64 bits per heavy atom. The first kappa shape index (κ1) is 20.6. The Morgan fingerprint density at radius 1 is 1.12 bits per heavy atom. The number of hydrogen-bond acceptors (Lipinski definition) is 7. The molecule has 1 amide bonds. The minimum absolute atomic E-state index is 0.00734. The average molecular weight is 444 g/mol. The van der Waals surface area contributed by atoms with E-state index in [4.69, 9.17) is 14.2 Å². The van der Waals surface area contributed by atoms with Crippen molar-refractivity contribution in [2.24, 2.45) is 0 Å². The summed E-state index contributed by atoms with van der Waals surface area (Å²) in [4.78, 5) is 31.8. The van der Waals surface area contributed by atoms with E-state index in [2.05, 4.69) is 4.98 Å². The van der Waals surface area contributed by atoms with Gasteiger partial charge in [-0.25, -0.2) is 0 Å². The van der Waals surface area contributed by atoms with Crippen LogP contribution in [-0.4, -0.2) is 40.6 Å². The molecule has 8 nitrogen and oxygen atoms in total. The zero-order chi connectivity index (χ0) is 22.9. The molecular formula is C25H20N2O6. The Kier molecular flexibility index (Phi) is 5.18. The molecule has 0 bridgehead atoms. The number of fused-ring (bicyclic) bond motifs is 1. The van der Waals surface area contributed by atoms with Gasteiger partial charge in [-0.2, -0.15) is 0 Å². The number of hydrogen-bond donors (Lipinski definition) is 1. The van der Waals surface area contributed by atoms with E-state index in [-0.39, 0.29) is 24.7 Å². The first-order valence-corrected chi connectivity index (χ1v) is 10.3. The molecule has 5 rings (SSSR count). The lowest BCUT2D eigenvalue weighted by Gasteiger charge is -2.25. The van der Waals surface area contributed by atoms with E-state index in [1.54, 1.807) is 68.0 Å². The highest BCUT2D eigenvalue weighted by Crippen LogP contribution is 2.42. The topological polar surface area (TPSA) is 98.2 Å². The molecule has 3 heterocycles. The van der Waals surface area contributed by atoms with E-state index in [0.717, 1.165) is 5.56 Å². The maximum Gasteiger partial charge on any atom is 0.295 e. The first-order valence-electron chi connectivity index (χ1n) is 10.3. The number of benzene rings is 2. The summed E-state index contributed by atoms with van der Waals surface area (Å²) in [6, 6.07) is 14.7. The molecule has 0 radical (unpaired) electrons. The Bertz CT molecular complexity index is 1250. The van der Waals surface area contributed by atoms with Gasteiger partial charge in [-0.3, -0.25) is 14.6 Å². The lowest BCUT2D eigenvalue weighted by Crippen LogP contribution is -2.29. The highest BCUT2D eigenvalue weighted by atomic mass is 16.7. The van der Waals surface area contributed by atoms with Crippen LogP contribution in [0.1, 0.15) is 22.7 Å². The van der Waals surface area contributed by atoms with Crippen molar-refractivity contribution in [3.8, 4) is 17.2 Å². The van der Waals surface area contributed by atoms with E-state index >= 15 is 0 Å². The van der Waals surface area contributed by atoms with Crippen LogP contribution in [0.3, 0.4) is 0 Å². The normalized spacial score (nSPS) is 18.6. The number of methoxy groups -OCH3 is 1. The third-order valence-corrected chi connectivity index (χ3v) is 5.69. The number of ether oxygens (including phenoxy) is 3. The second-order valence-corrected chi connectivity index (χ2v) is 7.63. The predicted molar refractivity (Wildman–Crippen MR) is 118 cm³/mol. The van der Waals surface area contributed by atoms with Crippen LogP contribution < -0.4 is 14.2 Å². The van der Waals surface area contributed by atoms with Crippen LogP contribution in [-0.2, 0) is 16.1 Å². The van der Waals surface area contributed by atoms with Gasteiger partial charge in [0.1, 0.15) is 11.5 Å². The standard InChI is InChI=1S/C25H20N2O6/c1-31-18-7-4-16(5-8-18)22-21(23(28)17-6-9-19-20(11-17)33-14-32-19)24(29)25(30)27(22)13-15-3-2-10-26-12-15/h2-12,22,28H,13-14H2,1H3/b23-21+. The van der Waals surface area contributed by atoms with Gasteiger partial charge < -0.3 is 24.2 Å². The molecule has 2 aliphatic rings. The van der Waals surface area contributed by atoms with E-state index in [9.17, 15) is 14.7 Å². The molecule has 2 aromatic carbocycles. The fourth-order valence-corrected chi connectivity index (χ4v) is 4.06. The van der Waals surface area contributed by atoms with E-state index < -0.39 is 17.7 Å². The summed E-state index contributed by atoms with van der Waals surface area (Å²) in [7, 11) is 1.56. The van der Waals surface area contributed by atoms with Crippen molar-refractivity contribution in [2.75, 3.05) is 13.9 Å². The first-order chi connectivity index (χ1) is 16.1. The summed E-state index contributed by atoms with van der Waals surface area (Å²) < 4.78 is 16.0. The van der Waals surface area contributed by atoms with Gasteiger partial charge in [-0.05, 0) is 47.5 Å². The van der Waals surface area contributed by atoms with Crippen LogP contribution in [0, 0.1) is 0 Å².